The number of nitrogens with one attached hydrogen (secondary N) is 1. The van der Waals surface area contributed by atoms with Crippen LogP contribution in [0.1, 0.15) is 53.9 Å². The highest BCUT2D eigenvalue weighted by Gasteiger charge is 2.47. The molecule has 0 radical (unpaired) electrons. The lowest BCUT2D eigenvalue weighted by molar-refractivity contribution is -0.155. The van der Waals surface area contributed by atoms with Gasteiger partial charge in [0.05, 0.1) is 0 Å². The van der Waals surface area contributed by atoms with Crippen molar-refractivity contribution in [1.82, 2.24) is 10.2 Å². The Morgan fingerprint density at radius 1 is 1.25 bits per heavy atom. The molecule has 0 aromatic heterocycles. The standard InChI is InChI=1S/C16H28N2O2/c1-6-12-16(20)18(13-8-7-10(4)11(13)5)14(9(2)3)15(19)17-12/h9-14H,6-8H2,1-5H3,(H,17,19). The van der Waals surface area contributed by atoms with Crippen molar-refractivity contribution in [2.75, 3.05) is 0 Å². The van der Waals surface area contributed by atoms with Crippen LogP contribution in [0.2, 0.25) is 0 Å². The minimum absolute atomic E-state index is 0.0261. The van der Waals surface area contributed by atoms with E-state index >= 15 is 0 Å². The van der Waals surface area contributed by atoms with Crippen LogP contribution >= 0.6 is 0 Å². The highest BCUT2D eigenvalue weighted by molar-refractivity contribution is 5.97. The molecule has 1 aliphatic heterocycles. The molecule has 1 heterocycles. The maximum Gasteiger partial charge on any atom is 0.246 e. The van der Waals surface area contributed by atoms with Gasteiger partial charge in [0.2, 0.25) is 11.8 Å². The lowest BCUT2D eigenvalue weighted by Gasteiger charge is -2.45. The van der Waals surface area contributed by atoms with Gasteiger partial charge in [-0.1, -0.05) is 34.6 Å². The Morgan fingerprint density at radius 3 is 2.35 bits per heavy atom. The van der Waals surface area contributed by atoms with Gasteiger partial charge in [-0.15, -0.1) is 0 Å². The summed E-state index contributed by atoms with van der Waals surface area (Å²) in [4.78, 5) is 27.1. The van der Waals surface area contributed by atoms with Gasteiger partial charge in [0.15, 0.2) is 0 Å². The molecule has 114 valence electrons. The number of carbonyl (C=O) groups is 2. The van der Waals surface area contributed by atoms with E-state index in [1.165, 1.54) is 0 Å². The van der Waals surface area contributed by atoms with E-state index in [1.54, 1.807) is 0 Å². The molecule has 4 nitrogen and oxygen atoms in total. The average molecular weight is 280 g/mol. The number of hydrogen-bond acceptors (Lipinski definition) is 2. The van der Waals surface area contributed by atoms with E-state index in [9.17, 15) is 9.59 Å². The molecule has 0 bridgehead atoms. The maximum atomic E-state index is 12.8. The molecule has 1 saturated heterocycles. The molecular formula is C16H28N2O2. The molecule has 2 amide bonds. The zero-order chi connectivity index (χ0) is 15.0. The highest BCUT2D eigenvalue weighted by Crippen LogP contribution is 2.37. The van der Waals surface area contributed by atoms with Crippen LogP contribution < -0.4 is 5.32 Å². The van der Waals surface area contributed by atoms with Gasteiger partial charge < -0.3 is 10.2 Å². The Balaban J connectivity index is 2.32. The van der Waals surface area contributed by atoms with Gasteiger partial charge >= 0.3 is 0 Å². The molecule has 1 aliphatic carbocycles. The van der Waals surface area contributed by atoms with Crippen molar-refractivity contribution >= 4 is 11.8 Å². The Morgan fingerprint density at radius 2 is 1.90 bits per heavy atom. The third kappa shape index (κ3) is 2.45. The summed E-state index contributed by atoms with van der Waals surface area (Å²) in [7, 11) is 0. The predicted octanol–water partition coefficient (Wildman–Crippen LogP) is 2.18. The minimum Gasteiger partial charge on any atom is -0.343 e. The summed E-state index contributed by atoms with van der Waals surface area (Å²) in [5, 5.41) is 2.90. The van der Waals surface area contributed by atoms with E-state index in [4.69, 9.17) is 0 Å². The van der Waals surface area contributed by atoms with Gasteiger partial charge in [0, 0.05) is 6.04 Å². The van der Waals surface area contributed by atoms with Gasteiger partial charge in [0.1, 0.15) is 12.1 Å². The van der Waals surface area contributed by atoms with E-state index in [1.807, 2.05) is 25.7 Å². The first-order valence-corrected chi connectivity index (χ1v) is 8.01. The van der Waals surface area contributed by atoms with Gasteiger partial charge in [-0.3, -0.25) is 9.59 Å². The van der Waals surface area contributed by atoms with Crippen LogP contribution in [0.3, 0.4) is 0 Å². The Bertz CT molecular complexity index is 394. The van der Waals surface area contributed by atoms with E-state index < -0.39 is 0 Å². The first-order valence-electron chi connectivity index (χ1n) is 8.01. The molecule has 4 heteroatoms. The molecule has 0 aromatic carbocycles. The van der Waals surface area contributed by atoms with Crippen molar-refractivity contribution in [3.8, 4) is 0 Å². The first-order chi connectivity index (χ1) is 9.38. The molecule has 0 aromatic rings. The molecule has 1 N–H and O–H groups in total. The van der Waals surface area contributed by atoms with E-state index in [0.29, 0.717) is 18.3 Å². The third-order valence-corrected chi connectivity index (χ3v) is 5.26. The molecule has 20 heavy (non-hydrogen) atoms. The SMILES string of the molecule is CCC1NC(=O)C(C(C)C)N(C2CCC(C)C2C)C1=O. The van der Waals surface area contributed by atoms with Crippen molar-refractivity contribution in [2.24, 2.45) is 17.8 Å². The van der Waals surface area contributed by atoms with Crippen LogP contribution in [0.4, 0.5) is 0 Å². The minimum atomic E-state index is -0.333. The van der Waals surface area contributed by atoms with Crippen LogP contribution in [0, 0.1) is 17.8 Å². The molecular weight excluding hydrogens is 252 g/mol. The average Bonchev–Trinajstić information content (AvgIpc) is 2.71. The first kappa shape index (κ1) is 15.3. The van der Waals surface area contributed by atoms with E-state index in [0.717, 1.165) is 12.8 Å². The summed E-state index contributed by atoms with van der Waals surface area (Å²) in [5.74, 6) is 1.41. The summed E-state index contributed by atoms with van der Waals surface area (Å²) in [5.41, 5.74) is 0. The monoisotopic (exact) mass is 280 g/mol. The number of hydrogen-bond donors (Lipinski definition) is 1. The number of nitrogens with zero attached hydrogens (tertiary/aromatic N) is 1. The summed E-state index contributed by atoms with van der Waals surface area (Å²) >= 11 is 0. The maximum absolute atomic E-state index is 12.8. The van der Waals surface area contributed by atoms with E-state index in [2.05, 4.69) is 19.2 Å². The highest BCUT2D eigenvalue weighted by atomic mass is 16.2. The number of piperazine rings is 1. The molecule has 2 rings (SSSR count). The van der Waals surface area contributed by atoms with Crippen LogP contribution in [-0.4, -0.2) is 34.8 Å². The van der Waals surface area contributed by atoms with Crippen molar-refractivity contribution in [1.29, 1.82) is 0 Å². The molecule has 5 unspecified atom stereocenters. The Hall–Kier alpha value is -1.06. The lowest BCUT2D eigenvalue weighted by Crippen LogP contribution is -2.67. The number of rotatable bonds is 3. The number of carbonyl (C=O) groups excluding carboxylic acids is 2. The summed E-state index contributed by atoms with van der Waals surface area (Å²) < 4.78 is 0. The second-order valence-electron chi connectivity index (χ2n) is 6.88. The summed E-state index contributed by atoms with van der Waals surface area (Å²) in [6, 6.07) is -0.409. The van der Waals surface area contributed by atoms with Crippen LogP contribution in [-0.2, 0) is 9.59 Å². The fourth-order valence-electron chi connectivity index (χ4n) is 3.76. The lowest BCUT2D eigenvalue weighted by atomic mass is 9.90. The zero-order valence-corrected chi connectivity index (χ0v) is 13.3. The number of amides is 2. The molecule has 5 atom stereocenters. The van der Waals surface area contributed by atoms with Gasteiger partial charge in [0.25, 0.3) is 0 Å². The molecule has 2 aliphatic rings. The topological polar surface area (TPSA) is 49.4 Å². The van der Waals surface area contributed by atoms with Gasteiger partial charge in [-0.25, -0.2) is 0 Å². The normalized spacial score (nSPS) is 38.5. The van der Waals surface area contributed by atoms with Crippen molar-refractivity contribution in [3.05, 3.63) is 0 Å². The fourth-order valence-corrected chi connectivity index (χ4v) is 3.76. The molecule has 0 spiro atoms. The van der Waals surface area contributed by atoms with Crippen LogP contribution in [0.5, 0.6) is 0 Å². The summed E-state index contributed by atoms with van der Waals surface area (Å²) in [6.07, 6.45) is 2.85. The Labute approximate surface area is 122 Å². The van der Waals surface area contributed by atoms with Gasteiger partial charge in [-0.05, 0) is 37.0 Å². The van der Waals surface area contributed by atoms with Crippen molar-refractivity contribution in [2.45, 2.75) is 72.0 Å². The molecule has 2 fully saturated rings. The molecule has 1 saturated carbocycles. The Kier molecular flexibility index (Phi) is 4.40. The predicted molar refractivity (Wildman–Crippen MR) is 79.0 cm³/mol. The zero-order valence-electron chi connectivity index (χ0n) is 13.3. The van der Waals surface area contributed by atoms with Crippen molar-refractivity contribution < 1.29 is 9.59 Å². The van der Waals surface area contributed by atoms with E-state index in [-0.39, 0.29) is 35.9 Å². The summed E-state index contributed by atoms with van der Waals surface area (Å²) in [6.45, 7) is 10.5. The van der Waals surface area contributed by atoms with Crippen molar-refractivity contribution in [3.63, 3.8) is 0 Å². The van der Waals surface area contributed by atoms with Crippen LogP contribution in [0.15, 0.2) is 0 Å². The second kappa shape index (κ2) is 5.74. The fraction of sp³-hybridized carbons (Fsp3) is 0.875. The van der Waals surface area contributed by atoms with Crippen LogP contribution in [0.25, 0.3) is 0 Å². The third-order valence-electron chi connectivity index (χ3n) is 5.26. The second-order valence-corrected chi connectivity index (χ2v) is 6.88. The quantitative estimate of drug-likeness (QED) is 0.861. The van der Waals surface area contributed by atoms with Gasteiger partial charge in [-0.2, -0.15) is 0 Å². The largest absolute Gasteiger partial charge is 0.343 e. The smallest absolute Gasteiger partial charge is 0.246 e.